The molecule has 15 heavy (non-hydrogen) atoms. The van der Waals surface area contributed by atoms with Crippen LogP contribution in [0.4, 0.5) is 0 Å². The summed E-state index contributed by atoms with van der Waals surface area (Å²) in [5.41, 5.74) is 0. The fourth-order valence-electron chi connectivity index (χ4n) is 0.572. The van der Waals surface area contributed by atoms with Gasteiger partial charge < -0.3 is 10.2 Å². The van der Waals surface area contributed by atoms with Gasteiger partial charge in [-0.05, 0) is 26.0 Å². The Kier molecular flexibility index (Phi) is 16.3. The van der Waals surface area contributed by atoms with Crippen LogP contribution in [0.2, 0.25) is 0 Å². The maximum Gasteiger partial charge on any atom is 2.00 e. The van der Waals surface area contributed by atoms with Crippen molar-refractivity contribution in [2.45, 2.75) is 27.7 Å². The van der Waals surface area contributed by atoms with Crippen LogP contribution >= 0.6 is 0 Å². The van der Waals surface area contributed by atoms with Crippen LogP contribution in [0.15, 0.2) is 23.7 Å². The van der Waals surface area contributed by atoms with Crippen LogP contribution < -0.4 is 10.2 Å². The summed E-state index contributed by atoms with van der Waals surface area (Å²) in [5, 5.41) is 20.0. The molecule has 0 unspecified atom stereocenters. The van der Waals surface area contributed by atoms with E-state index >= 15 is 0 Å². The minimum Gasteiger partial charge on any atom is -0.876 e. The van der Waals surface area contributed by atoms with E-state index in [1.807, 2.05) is 0 Å². The zero-order chi connectivity index (χ0) is 11.7. The van der Waals surface area contributed by atoms with E-state index in [9.17, 15) is 19.8 Å². The van der Waals surface area contributed by atoms with Crippen LogP contribution in [0.5, 0.6) is 0 Å². The first-order valence-electron chi connectivity index (χ1n) is 3.97. The zero-order valence-electron chi connectivity index (χ0n) is 9.05. The second-order valence-electron chi connectivity index (χ2n) is 2.73. The third-order valence-electron chi connectivity index (χ3n) is 0.813. The van der Waals surface area contributed by atoms with Crippen LogP contribution in [0.25, 0.3) is 0 Å². The van der Waals surface area contributed by atoms with Gasteiger partial charge in [-0.15, -0.1) is 11.5 Å². The predicted molar refractivity (Wildman–Crippen MR) is 48.9 cm³/mol. The zero-order valence-corrected chi connectivity index (χ0v) is 10.8. The van der Waals surface area contributed by atoms with Gasteiger partial charge in [-0.1, -0.05) is 13.8 Å². The Labute approximate surface area is 128 Å². The summed E-state index contributed by atoms with van der Waals surface area (Å²) < 4.78 is 0. The summed E-state index contributed by atoms with van der Waals surface area (Å²) in [6.45, 7) is 5.39. The Bertz CT molecular complexity index is 231. The summed E-state index contributed by atoms with van der Waals surface area (Å²) in [7, 11) is 0. The van der Waals surface area contributed by atoms with Crippen LogP contribution in [-0.2, 0) is 9.59 Å². The van der Waals surface area contributed by atoms with Gasteiger partial charge in [-0.3, -0.25) is 9.59 Å². The number of allylic oxidation sites excluding steroid dienone is 4. The van der Waals surface area contributed by atoms with E-state index in [2.05, 4.69) is 0 Å². The molecule has 0 bridgehead atoms. The molecule has 0 spiro atoms. The summed E-state index contributed by atoms with van der Waals surface area (Å²) in [4.78, 5) is 20.0. The number of hydrogen-bond acceptors (Lipinski definition) is 4. The van der Waals surface area contributed by atoms with Crippen molar-refractivity contribution in [1.29, 1.82) is 0 Å². The molecule has 0 atom stereocenters. The van der Waals surface area contributed by atoms with E-state index in [1.54, 1.807) is 0 Å². The quantitative estimate of drug-likeness (QED) is 0.492. The second-order valence-corrected chi connectivity index (χ2v) is 2.73. The van der Waals surface area contributed by atoms with Gasteiger partial charge in [-0.25, -0.2) is 0 Å². The molecule has 5 heteroatoms. The van der Waals surface area contributed by atoms with Gasteiger partial charge in [0.1, 0.15) is 0 Å². The Morgan fingerprint density at radius 1 is 0.800 bits per heavy atom. The summed E-state index contributed by atoms with van der Waals surface area (Å²) >= 11 is 0. The molecule has 4 nitrogen and oxygen atoms in total. The minimum atomic E-state index is -0.187. The average molecular weight is 371 g/mol. The molecule has 0 aliphatic rings. The van der Waals surface area contributed by atoms with E-state index in [0.29, 0.717) is 0 Å². The number of carbonyl (C=O) groups excluding carboxylic acids is 2. The Hall–Kier alpha value is -0.0605. The van der Waals surface area contributed by atoms with Crippen molar-refractivity contribution in [2.24, 2.45) is 0 Å². The molecule has 0 aliphatic heterocycles. The first-order valence-corrected chi connectivity index (χ1v) is 3.97. The maximum absolute atomic E-state index is 9.98. The van der Waals surface area contributed by atoms with Gasteiger partial charge in [0.2, 0.25) is 0 Å². The monoisotopic (exact) mass is 372 g/mol. The van der Waals surface area contributed by atoms with Gasteiger partial charge in [-0.2, -0.15) is 0 Å². The van der Waals surface area contributed by atoms with Gasteiger partial charge in [0, 0.05) is 0 Å². The SMILES string of the molecule is CC(=O)/C=C(/C)[O-].CC(=O)/C=C(/C)[O-].[Yb+2]. The van der Waals surface area contributed by atoms with Gasteiger partial charge >= 0.3 is 46.9 Å². The molecule has 0 aromatic heterocycles. The molecule has 0 fully saturated rings. The Balaban J connectivity index is -0.000000180. The van der Waals surface area contributed by atoms with Crippen LogP contribution in [0, 0.1) is 46.9 Å². The number of hydrogen-bond donors (Lipinski definition) is 0. The molecule has 0 amide bonds. The fraction of sp³-hybridized carbons (Fsp3) is 0.400. The third-order valence-corrected chi connectivity index (χ3v) is 0.813. The molecule has 92 valence electrons. The van der Waals surface area contributed by atoms with Crippen LogP contribution in [0.1, 0.15) is 27.7 Å². The second kappa shape index (κ2) is 12.0. The van der Waals surface area contributed by atoms with Crippen molar-refractivity contribution in [3.05, 3.63) is 23.7 Å². The molecule has 0 rings (SSSR count). The number of rotatable bonds is 2. The number of ketones is 2. The van der Waals surface area contributed by atoms with Crippen molar-refractivity contribution in [2.75, 3.05) is 0 Å². The first kappa shape index (κ1) is 20.4. The van der Waals surface area contributed by atoms with Crippen LogP contribution in [-0.4, -0.2) is 11.6 Å². The standard InChI is InChI=1S/2C5H8O2.Yb/c2*1-4(6)3-5(2)7;/h2*3,6H,1-2H3;/q;;+2/p-2/b2*4-3-;. The van der Waals surface area contributed by atoms with Gasteiger partial charge in [0.05, 0.1) is 0 Å². The van der Waals surface area contributed by atoms with Gasteiger partial charge in [0.15, 0.2) is 11.6 Å². The third kappa shape index (κ3) is 31.5. The average Bonchev–Trinajstić information content (AvgIpc) is 1.79. The molecule has 0 aromatic rings. The largest absolute Gasteiger partial charge is 2.00 e. The molecule has 0 aromatic carbocycles. The summed E-state index contributed by atoms with van der Waals surface area (Å²) in [5.74, 6) is -0.750. The van der Waals surface area contributed by atoms with Crippen LogP contribution in [0.3, 0.4) is 0 Å². The molecule has 0 saturated heterocycles. The molecule has 0 saturated carbocycles. The molecule has 0 N–H and O–H groups in total. The van der Waals surface area contributed by atoms with E-state index in [1.165, 1.54) is 27.7 Å². The molecular formula is C10H14O4Yb. The summed E-state index contributed by atoms with van der Waals surface area (Å²) in [6, 6.07) is 0. The topological polar surface area (TPSA) is 80.3 Å². The minimum absolute atomic E-state index is 0. The Morgan fingerprint density at radius 2 is 1.00 bits per heavy atom. The van der Waals surface area contributed by atoms with Crippen molar-refractivity contribution in [3.8, 4) is 0 Å². The van der Waals surface area contributed by atoms with E-state index in [4.69, 9.17) is 0 Å². The molecule has 0 aliphatic carbocycles. The van der Waals surface area contributed by atoms with E-state index in [-0.39, 0.29) is 70.0 Å². The molecule has 0 radical (unpaired) electrons. The van der Waals surface area contributed by atoms with Crippen molar-refractivity contribution < 1.29 is 66.7 Å². The smallest absolute Gasteiger partial charge is 0.876 e. The van der Waals surface area contributed by atoms with E-state index in [0.717, 1.165) is 12.2 Å². The maximum atomic E-state index is 9.98. The van der Waals surface area contributed by atoms with Crippen molar-refractivity contribution in [3.63, 3.8) is 0 Å². The molecule has 0 heterocycles. The van der Waals surface area contributed by atoms with E-state index < -0.39 is 0 Å². The fourth-order valence-corrected chi connectivity index (χ4v) is 0.572. The predicted octanol–water partition coefficient (Wildman–Crippen LogP) is -0.321. The van der Waals surface area contributed by atoms with Crippen molar-refractivity contribution in [1.82, 2.24) is 0 Å². The number of carbonyl (C=O) groups is 2. The van der Waals surface area contributed by atoms with Crippen molar-refractivity contribution >= 4 is 11.6 Å². The molecular weight excluding hydrogens is 357 g/mol. The first-order chi connectivity index (χ1) is 6.25. The van der Waals surface area contributed by atoms with Gasteiger partial charge in [0.25, 0.3) is 0 Å². The normalized spacial score (nSPS) is 10.7. The Morgan fingerprint density at radius 3 is 1.00 bits per heavy atom. The summed E-state index contributed by atoms with van der Waals surface area (Å²) in [6.07, 6.45) is 2.11.